The largest absolute Gasteiger partial charge is 0.352 e. The minimum absolute atomic E-state index is 0.101. The Morgan fingerprint density at radius 1 is 1.04 bits per heavy atom. The SMILES string of the molecule is CCN(c1ccccc1)S(=O)(=O)c1cccc(C(=O)NCCc2cccs2)c1. The van der Waals surface area contributed by atoms with Gasteiger partial charge in [0.05, 0.1) is 10.6 Å². The summed E-state index contributed by atoms with van der Waals surface area (Å²) in [5.41, 5.74) is 0.923. The number of hydrogen-bond acceptors (Lipinski definition) is 4. The van der Waals surface area contributed by atoms with Gasteiger partial charge in [0.25, 0.3) is 15.9 Å². The molecule has 0 aliphatic rings. The van der Waals surface area contributed by atoms with Crippen molar-refractivity contribution in [1.29, 1.82) is 0 Å². The molecule has 146 valence electrons. The fourth-order valence-electron chi connectivity index (χ4n) is 2.87. The highest BCUT2D eigenvalue weighted by Crippen LogP contribution is 2.23. The maximum atomic E-state index is 13.1. The van der Waals surface area contributed by atoms with E-state index < -0.39 is 10.0 Å². The number of sulfonamides is 1. The lowest BCUT2D eigenvalue weighted by molar-refractivity contribution is 0.0954. The fraction of sp³-hybridized carbons (Fsp3) is 0.190. The highest BCUT2D eigenvalue weighted by molar-refractivity contribution is 7.92. The molecule has 1 aromatic heterocycles. The first-order valence-electron chi connectivity index (χ1n) is 9.01. The van der Waals surface area contributed by atoms with Gasteiger partial charge < -0.3 is 5.32 Å². The molecule has 0 unspecified atom stereocenters. The van der Waals surface area contributed by atoms with Gasteiger partial charge in [-0.05, 0) is 55.1 Å². The molecule has 5 nitrogen and oxygen atoms in total. The third-order valence-corrected chi connectivity index (χ3v) is 7.09. The van der Waals surface area contributed by atoms with Gasteiger partial charge in [0.2, 0.25) is 0 Å². The van der Waals surface area contributed by atoms with E-state index >= 15 is 0 Å². The number of thiophene rings is 1. The van der Waals surface area contributed by atoms with Crippen molar-refractivity contribution in [3.8, 4) is 0 Å². The third-order valence-electron chi connectivity index (χ3n) is 4.25. The van der Waals surface area contributed by atoms with E-state index in [1.165, 1.54) is 21.3 Å². The number of hydrogen-bond donors (Lipinski definition) is 1. The smallest absolute Gasteiger partial charge is 0.264 e. The van der Waals surface area contributed by atoms with E-state index in [-0.39, 0.29) is 10.8 Å². The van der Waals surface area contributed by atoms with Gasteiger partial charge in [-0.3, -0.25) is 9.10 Å². The molecule has 7 heteroatoms. The van der Waals surface area contributed by atoms with Crippen LogP contribution in [-0.2, 0) is 16.4 Å². The summed E-state index contributed by atoms with van der Waals surface area (Å²) in [7, 11) is -3.76. The topological polar surface area (TPSA) is 66.5 Å². The van der Waals surface area contributed by atoms with Crippen LogP contribution in [0.15, 0.2) is 77.0 Å². The summed E-state index contributed by atoms with van der Waals surface area (Å²) in [4.78, 5) is 13.7. The number of amides is 1. The molecule has 1 N–H and O–H groups in total. The Kier molecular flexibility index (Phi) is 6.49. The zero-order chi connectivity index (χ0) is 20.0. The molecule has 0 bridgehead atoms. The first-order valence-corrected chi connectivity index (χ1v) is 11.3. The number of para-hydroxylation sites is 1. The van der Waals surface area contributed by atoms with Crippen LogP contribution < -0.4 is 9.62 Å². The van der Waals surface area contributed by atoms with Gasteiger partial charge >= 0.3 is 0 Å². The van der Waals surface area contributed by atoms with Crippen LogP contribution in [0.4, 0.5) is 5.69 Å². The number of nitrogens with one attached hydrogen (secondary N) is 1. The van der Waals surface area contributed by atoms with Crippen molar-refractivity contribution >= 4 is 33.0 Å². The molecule has 0 atom stereocenters. The number of anilines is 1. The summed E-state index contributed by atoms with van der Waals surface area (Å²) in [5.74, 6) is -0.281. The van der Waals surface area contributed by atoms with Crippen LogP contribution in [0.25, 0.3) is 0 Å². The molecule has 0 spiro atoms. The van der Waals surface area contributed by atoms with Gasteiger partial charge in [-0.15, -0.1) is 11.3 Å². The second kappa shape index (κ2) is 9.03. The predicted octanol–water partition coefficient (Wildman–Crippen LogP) is 3.94. The summed E-state index contributed by atoms with van der Waals surface area (Å²) in [5, 5.41) is 4.85. The standard InChI is InChI=1S/C21H22N2O3S2/c1-2-23(18-9-4-3-5-10-18)28(25,26)20-12-6-8-17(16-20)21(24)22-14-13-19-11-7-15-27-19/h3-12,15-16H,2,13-14H2,1H3,(H,22,24). The van der Waals surface area contributed by atoms with Crippen molar-refractivity contribution in [2.45, 2.75) is 18.2 Å². The van der Waals surface area contributed by atoms with Gasteiger partial charge in [0.15, 0.2) is 0 Å². The molecule has 1 amide bonds. The molecule has 0 fully saturated rings. The molecule has 1 heterocycles. The lowest BCUT2D eigenvalue weighted by Gasteiger charge is -2.23. The average molecular weight is 415 g/mol. The fourth-order valence-corrected chi connectivity index (χ4v) is 5.10. The Morgan fingerprint density at radius 2 is 1.82 bits per heavy atom. The van der Waals surface area contributed by atoms with Gasteiger partial charge in [-0.2, -0.15) is 0 Å². The van der Waals surface area contributed by atoms with E-state index in [0.29, 0.717) is 24.3 Å². The molecule has 3 aromatic rings. The Bertz CT molecular complexity index is 1020. The van der Waals surface area contributed by atoms with Crippen LogP contribution in [0.1, 0.15) is 22.2 Å². The molecule has 3 rings (SSSR count). The Hall–Kier alpha value is -2.64. The maximum Gasteiger partial charge on any atom is 0.264 e. The summed E-state index contributed by atoms with van der Waals surface area (Å²) in [6.07, 6.45) is 0.749. The first-order chi connectivity index (χ1) is 13.5. The van der Waals surface area contributed by atoms with E-state index in [0.717, 1.165) is 6.42 Å². The van der Waals surface area contributed by atoms with Crippen LogP contribution in [0, 0.1) is 0 Å². The lowest BCUT2D eigenvalue weighted by atomic mass is 10.2. The zero-order valence-corrected chi connectivity index (χ0v) is 17.2. The molecule has 0 aliphatic heterocycles. The summed E-state index contributed by atoms with van der Waals surface area (Å²) in [6.45, 7) is 2.58. The molecule has 0 aliphatic carbocycles. The third kappa shape index (κ3) is 4.61. The van der Waals surface area contributed by atoms with Crippen LogP contribution in [0.5, 0.6) is 0 Å². The van der Waals surface area contributed by atoms with Gasteiger partial charge in [-0.25, -0.2) is 8.42 Å². The zero-order valence-electron chi connectivity index (χ0n) is 15.5. The molecular formula is C21H22N2O3S2. The van der Waals surface area contributed by atoms with E-state index in [1.807, 2.05) is 23.6 Å². The Balaban J connectivity index is 1.76. The van der Waals surface area contributed by atoms with Crippen molar-refractivity contribution < 1.29 is 13.2 Å². The van der Waals surface area contributed by atoms with E-state index in [1.54, 1.807) is 54.7 Å². The summed E-state index contributed by atoms with van der Waals surface area (Å²) in [6, 6.07) is 19.1. The summed E-state index contributed by atoms with van der Waals surface area (Å²) < 4.78 is 27.5. The van der Waals surface area contributed by atoms with Crippen molar-refractivity contribution in [3.05, 3.63) is 82.6 Å². The predicted molar refractivity (Wildman–Crippen MR) is 113 cm³/mol. The highest BCUT2D eigenvalue weighted by atomic mass is 32.2. The minimum Gasteiger partial charge on any atom is -0.352 e. The summed E-state index contributed by atoms with van der Waals surface area (Å²) >= 11 is 1.64. The number of carbonyl (C=O) groups is 1. The second-order valence-electron chi connectivity index (χ2n) is 6.12. The first kappa shape index (κ1) is 20.1. The molecule has 0 radical (unpaired) electrons. The number of nitrogens with zero attached hydrogens (tertiary/aromatic N) is 1. The molecule has 2 aromatic carbocycles. The quantitative estimate of drug-likeness (QED) is 0.607. The molecule has 0 saturated heterocycles. The van der Waals surface area contributed by atoms with E-state index in [9.17, 15) is 13.2 Å². The van der Waals surface area contributed by atoms with Crippen LogP contribution in [0.3, 0.4) is 0 Å². The number of benzene rings is 2. The normalized spacial score (nSPS) is 11.2. The Labute approximate surface area is 169 Å². The minimum atomic E-state index is -3.76. The molecule has 0 saturated carbocycles. The van der Waals surface area contributed by atoms with Crippen LogP contribution in [-0.4, -0.2) is 27.4 Å². The van der Waals surface area contributed by atoms with Crippen molar-refractivity contribution in [1.82, 2.24) is 5.32 Å². The van der Waals surface area contributed by atoms with Crippen molar-refractivity contribution in [2.24, 2.45) is 0 Å². The van der Waals surface area contributed by atoms with Gasteiger partial charge in [0.1, 0.15) is 0 Å². The second-order valence-corrected chi connectivity index (χ2v) is 9.01. The average Bonchev–Trinajstić information content (AvgIpc) is 3.23. The van der Waals surface area contributed by atoms with Crippen LogP contribution >= 0.6 is 11.3 Å². The van der Waals surface area contributed by atoms with Crippen molar-refractivity contribution in [3.63, 3.8) is 0 Å². The van der Waals surface area contributed by atoms with Gasteiger partial charge in [-0.1, -0.05) is 30.3 Å². The lowest BCUT2D eigenvalue weighted by Crippen LogP contribution is -2.31. The maximum absolute atomic E-state index is 13.1. The highest BCUT2D eigenvalue weighted by Gasteiger charge is 2.24. The van der Waals surface area contributed by atoms with E-state index in [4.69, 9.17) is 0 Å². The molecular weight excluding hydrogens is 392 g/mol. The van der Waals surface area contributed by atoms with Crippen molar-refractivity contribution in [2.75, 3.05) is 17.4 Å². The monoisotopic (exact) mass is 414 g/mol. The van der Waals surface area contributed by atoms with Crippen LogP contribution in [0.2, 0.25) is 0 Å². The van der Waals surface area contributed by atoms with E-state index in [2.05, 4.69) is 5.32 Å². The van der Waals surface area contributed by atoms with Gasteiger partial charge in [0, 0.05) is 23.5 Å². The molecule has 28 heavy (non-hydrogen) atoms. The number of carbonyl (C=O) groups excluding carboxylic acids is 1. The number of rotatable bonds is 8. The Morgan fingerprint density at radius 3 is 2.50 bits per heavy atom.